The number of sulfonamides is 1. The van der Waals surface area contributed by atoms with Crippen LogP contribution in [0.25, 0.3) is 0 Å². The number of halogens is 1. The molecule has 192 valence electrons. The zero-order valence-electron chi connectivity index (χ0n) is 20.8. The molecule has 0 aliphatic heterocycles. The molecule has 0 aliphatic rings. The molecule has 35 heavy (non-hydrogen) atoms. The zero-order valence-corrected chi connectivity index (χ0v) is 21.6. The molecule has 0 bridgehead atoms. The number of benzene rings is 2. The van der Waals surface area contributed by atoms with Crippen LogP contribution >= 0.6 is 0 Å². The quantitative estimate of drug-likeness (QED) is 0.476. The summed E-state index contributed by atoms with van der Waals surface area (Å²) in [6.45, 7) is 5.62. The van der Waals surface area contributed by atoms with Crippen LogP contribution in [-0.4, -0.2) is 57.6 Å². The van der Waals surface area contributed by atoms with Gasteiger partial charge in [0.15, 0.2) is 0 Å². The number of methoxy groups -OCH3 is 1. The van der Waals surface area contributed by atoms with E-state index in [1.165, 1.54) is 30.2 Å². The molecular weight excluding hydrogens is 473 g/mol. The highest BCUT2D eigenvalue weighted by Gasteiger charge is 2.31. The summed E-state index contributed by atoms with van der Waals surface area (Å²) in [7, 11) is -2.40. The summed E-state index contributed by atoms with van der Waals surface area (Å²) < 4.78 is 45.0. The average molecular weight is 508 g/mol. The Kier molecular flexibility index (Phi) is 10.1. The van der Waals surface area contributed by atoms with Gasteiger partial charge in [0.05, 0.1) is 19.1 Å². The van der Waals surface area contributed by atoms with Crippen molar-refractivity contribution in [3.63, 3.8) is 0 Å². The lowest BCUT2D eigenvalue weighted by Crippen LogP contribution is -2.52. The molecule has 10 heteroatoms. The molecule has 0 saturated carbocycles. The maximum absolute atomic E-state index is 13.8. The minimum absolute atomic E-state index is 0.0273. The molecule has 0 fully saturated rings. The van der Waals surface area contributed by atoms with Crippen LogP contribution in [0.3, 0.4) is 0 Å². The van der Waals surface area contributed by atoms with E-state index in [0.717, 1.165) is 16.6 Å². The Hall–Kier alpha value is -3.14. The SMILES string of the molecule is CC[C@H](C(=O)NCC(C)C)N(Cc1cccc(OC)c1)C(=O)CN(c1cccc(F)c1)S(C)(=O)=O. The summed E-state index contributed by atoms with van der Waals surface area (Å²) in [5, 5.41) is 2.86. The molecule has 2 aromatic carbocycles. The van der Waals surface area contributed by atoms with Crippen molar-refractivity contribution in [3.05, 3.63) is 59.9 Å². The highest BCUT2D eigenvalue weighted by molar-refractivity contribution is 7.92. The first-order chi connectivity index (χ1) is 16.5. The van der Waals surface area contributed by atoms with Gasteiger partial charge in [-0.15, -0.1) is 0 Å². The molecule has 1 N–H and O–H groups in total. The second kappa shape index (κ2) is 12.5. The van der Waals surface area contributed by atoms with Crippen LogP contribution < -0.4 is 14.4 Å². The van der Waals surface area contributed by atoms with Gasteiger partial charge in [0.2, 0.25) is 21.8 Å². The second-order valence-corrected chi connectivity index (χ2v) is 10.6. The van der Waals surface area contributed by atoms with Crippen molar-refractivity contribution < 1.29 is 27.1 Å². The molecule has 0 saturated heterocycles. The zero-order chi connectivity index (χ0) is 26.2. The minimum Gasteiger partial charge on any atom is -0.497 e. The molecule has 0 radical (unpaired) electrons. The predicted octanol–water partition coefficient (Wildman–Crippen LogP) is 3.18. The highest BCUT2D eigenvalue weighted by atomic mass is 32.2. The Labute approximate surface area is 207 Å². The van der Waals surface area contributed by atoms with Crippen LogP contribution in [0, 0.1) is 11.7 Å². The van der Waals surface area contributed by atoms with Crippen molar-refractivity contribution in [2.45, 2.75) is 39.8 Å². The first kappa shape index (κ1) is 28.1. The first-order valence-electron chi connectivity index (χ1n) is 11.4. The Morgan fingerprint density at radius 2 is 1.80 bits per heavy atom. The standard InChI is InChI=1S/C25H34FN3O5S/c1-6-23(25(31)27-15-18(2)3)28(16-19-9-7-12-22(13-19)34-4)24(30)17-29(35(5,32)33)21-11-8-10-20(26)14-21/h7-14,18,23H,6,15-17H2,1-5H3,(H,27,31)/t23-/m1/s1. The average Bonchev–Trinajstić information content (AvgIpc) is 2.80. The monoisotopic (exact) mass is 507 g/mol. The number of carbonyl (C=O) groups is 2. The number of amides is 2. The van der Waals surface area contributed by atoms with Gasteiger partial charge in [0.1, 0.15) is 24.2 Å². The fraction of sp³-hybridized carbons (Fsp3) is 0.440. The predicted molar refractivity (Wildman–Crippen MR) is 134 cm³/mol. The number of nitrogens with one attached hydrogen (secondary N) is 1. The molecule has 2 rings (SSSR count). The number of hydrogen-bond donors (Lipinski definition) is 1. The molecule has 2 amide bonds. The number of carbonyl (C=O) groups excluding carboxylic acids is 2. The first-order valence-corrected chi connectivity index (χ1v) is 13.2. The maximum Gasteiger partial charge on any atom is 0.244 e. The summed E-state index contributed by atoms with van der Waals surface area (Å²) in [6, 6.07) is 11.3. The van der Waals surface area contributed by atoms with Crippen molar-refractivity contribution in [1.29, 1.82) is 0 Å². The van der Waals surface area contributed by atoms with E-state index in [2.05, 4.69) is 5.32 Å². The molecule has 0 unspecified atom stereocenters. The largest absolute Gasteiger partial charge is 0.497 e. The number of ether oxygens (including phenoxy) is 1. The molecule has 2 aromatic rings. The Morgan fingerprint density at radius 1 is 1.11 bits per heavy atom. The van der Waals surface area contributed by atoms with Crippen molar-refractivity contribution in [3.8, 4) is 5.75 Å². The number of anilines is 1. The van der Waals surface area contributed by atoms with Gasteiger partial charge in [-0.3, -0.25) is 13.9 Å². The van der Waals surface area contributed by atoms with E-state index in [4.69, 9.17) is 4.74 Å². The minimum atomic E-state index is -3.92. The molecule has 0 aliphatic carbocycles. The van der Waals surface area contributed by atoms with Gasteiger partial charge in [-0.05, 0) is 48.2 Å². The van der Waals surface area contributed by atoms with E-state index in [9.17, 15) is 22.4 Å². The Balaban J connectivity index is 2.44. The van der Waals surface area contributed by atoms with Gasteiger partial charge in [0.25, 0.3) is 0 Å². The topological polar surface area (TPSA) is 96.0 Å². The third-order valence-corrected chi connectivity index (χ3v) is 6.47. The molecule has 0 aromatic heterocycles. The summed E-state index contributed by atoms with van der Waals surface area (Å²) >= 11 is 0. The Bertz CT molecular complexity index is 1120. The Morgan fingerprint density at radius 3 is 2.37 bits per heavy atom. The lowest BCUT2D eigenvalue weighted by molar-refractivity contribution is -0.140. The summed E-state index contributed by atoms with van der Waals surface area (Å²) in [5.74, 6) is -0.739. The smallest absolute Gasteiger partial charge is 0.244 e. The van der Waals surface area contributed by atoms with Crippen LogP contribution in [-0.2, 0) is 26.2 Å². The van der Waals surface area contributed by atoms with E-state index in [1.54, 1.807) is 31.2 Å². The van der Waals surface area contributed by atoms with Crippen LogP contribution in [0.4, 0.5) is 10.1 Å². The highest BCUT2D eigenvalue weighted by Crippen LogP contribution is 2.21. The third kappa shape index (κ3) is 8.24. The van der Waals surface area contributed by atoms with Gasteiger partial charge in [-0.2, -0.15) is 0 Å². The molecule has 1 atom stereocenters. The fourth-order valence-corrected chi connectivity index (χ4v) is 4.40. The van der Waals surface area contributed by atoms with Crippen molar-refractivity contribution in [2.75, 3.05) is 30.8 Å². The molecular formula is C25H34FN3O5S. The van der Waals surface area contributed by atoms with Crippen LogP contribution in [0.5, 0.6) is 5.75 Å². The molecule has 0 spiro atoms. The number of nitrogens with zero attached hydrogens (tertiary/aromatic N) is 2. The summed E-state index contributed by atoms with van der Waals surface area (Å²) in [6.07, 6.45) is 1.27. The van der Waals surface area contributed by atoms with E-state index in [-0.39, 0.29) is 24.1 Å². The van der Waals surface area contributed by atoms with Gasteiger partial charge < -0.3 is 15.0 Å². The maximum atomic E-state index is 13.8. The fourth-order valence-electron chi connectivity index (χ4n) is 3.55. The van der Waals surface area contributed by atoms with Crippen LogP contribution in [0.2, 0.25) is 0 Å². The molecule has 8 nitrogen and oxygen atoms in total. The lowest BCUT2D eigenvalue weighted by Gasteiger charge is -2.33. The van der Waals surface area contributed by atoms with Crippen molar-refractivity contribution in [1.82, 2.24) is 10.2 Å². The van der Waals surface area contributed by atoms with E-state index < -0.39 is 34.3 Å². The van der Waals surface area contributed by atoms with E-state index in [1.807, 2.05) is 13.8 Å². The van der Waals surface area contributed by atoms with Crippen molar-refractivity contribution >= 4 is 27.5 Å². The number of rotatable bonds is 12. The van der Waals surface area contributed by atoms with Crippen LogP contribution in [0.1, 0.15) is 32.8 Å². The van der Waals surface area contributed by atoms with Gasteiger partial charge in [0, 0.05) is 13.1 Å². The van der Waals surface area contributed by atoms with Gasteiger partial charge in [-0.1, -0.05) is 39.0 Å². The van der Waals surface area contributed by atoms with Gasteiger partial charge >= 0.3 is 0 Å². The summed E-state index contributed by atoms with van der Waals surface area (Å²) in [4.78, 5) is 28.0. The number of hydrogen-bond acceptors (Lipinski definition) is 5. The van der Waals surface area contributed by atoms with E-state index in [0.29, 0.717) is 24.3 Å². The molecule has 0 heterocycles. The van der Waals surface area contributed by atoms with Crippen LogP contribution in [0.15, 0.2) is 48.5 Å². The van der Waals surface area contributed by atoms with Crippen molar-refractivity contribution in [2.24, 2.45) is 5.92 Å². The van der Waals surface area contributed by atoms with Gasteiger partial charge in [-0.25, -0.2) is 12.8 Å². The normalized spacial score (nSPS) is 12.2. The third-order valence-electron chi connectivity index (χ3n) is 5.33. The summed E-state index contributed by atoms with van der Waals surface area (Å²) in [5.41, 5.74) is 0.740. The lowest BCUT2D eigenvalue weighted by atomic mass is 10.1. The second-order valence-electron chi connectivity index (χ2n) is 8.69. The van der Waals surface area contributed by atoms with E-state index >= 15 is 0 Å².